The van der Waals surface area contributed by atoms with Gasteiger partial charge in [-0.25, -0.2) is 0 Å². The number of carbonyl (C=O) groups excluding carboxylic acids is 1. The Labute approximate surface area is 163 Å². The number of benzene rings is 2. The van der Waals surface area contributed by atoms with Crippen molar-refractivity contribution >= 4 is 17.6 Å². The lowest BCUT2D eigenvalue weighted by Crippen LogP contribution is -2.44. The lowest BCUT2D eigenvalue weighted by molar-refractivity contribution is -0.136. The van der Waals surface area contributed by atoms with E-state index in [-0.39, 0.29) is 12.5 Å². The maximum Gasteiger partial charge on any atom is 0.317 e. The quantitative estimate of drug-likeness (QED) is 0.563. The van der Waals surface area contributed by atoms with Crippen LogP contribution in [0.2, 0.25) is 0 Å². The van der Waals surface area contributed by atoms with Crippen LogP contribution in [0.5, 0.6) is 0 Å². The van der Waals surface area contributed by atoms with Crippen LogP contribution >= 0.6 is 0 Å². The third-order valence-electron chi connectivity index (χ3n) is 4.24. The van der Waals surface area contributed by atoms with Gasteiger partial charge in [0.1, 0.15) is 0 Å². The predicted octanol–water partition coefficient (Wildman–Crippen LogP) is 2.97. The Kier molecular flexibility index (Phi) is 6.49. The van der Waals surface area contributed by atoms with Gasteiger partial charge < -0.3 is 10.4 Å². The summed E-state index contributed by atoms with van der Waals surface area (Å²) in [6, 6.07) is 20.1. The molecule has 0 radical (unpaired) electrons. The Bertz CT molecular complexity index is 930. The highest BCUT2D eigenvalue weighted by molar-refractivity contribution is 5.95. The molecule has 0 spiro atoms. The molecule has 0 saturated heterocycles. The van der Waals surface area contributed by atoms with Gasteiger partial charge in [-0.2, -0.15) is 0 Å². The van der Waals surface area contributed by atoms with Gasteiger partial charge in [-0.3, -0.25) is 19.9 Å². The Morgan fingerprint density at radius 3 is 2.39 bits per heavy atom. The van der Waals surface area contributed by atoms with Gasteiger partial charge >= 0.3 is 5.97 Å². The molecule has 0 bridgehead atoms. The first-order valence-electron chi connectivity index (χ1n) is 8.92. The normalized spacial score (nSPS) is 11.6. The van der Waals surface area contributed by atoms with Crippen LogP contribution in [-0.4, -0.2) is 34.6 Å². The first kappa shape index (κ1) is 19.3. The number of pyridine rings is 1. The number of carboxylic acids is 1. The number of rotatable bonds is 8. The first-order chi connectivity index (χ1) is 13.6. The first-order valence-corrected chi connectivity index (χ1v) is 8.92. The molecule has 0 fully saturated rings. The molecule has 0 aliphatic heterocycles. The van der Waals surface area contributed by atoms with Crippen molar-refractivity contribution in [2.75, 3.05) is 11.9 Å². The summed E-state index contributed by atoms with van der Waals surface area (Å²) in [6.45, 7) is -0.290. The zero-order valence-electron chi connectivity index (χ0n) is 15.2. The second kappa shape index (κ2) is 9.43. The number of hydrogen-bond donors (Lipinski definition) is 3. The van der Waals surface area contributed by atoms with E-state index < -0.39 is 12.0 Å². The molecule has 0 aliphatic rings. The summed E-state index contributed by atoms with van der Waals surface area (Å²) >= 11 is 0. The lowest BCUT2D eigenvalue weighted by atomic mass is 10.0. The van der Waals surface area contributed by atoms with Gasteiger partial charge in [-0.1, -0.05) is 42.5 Å². The third kappa shape index (κ3) is 5.49. The van der Waals surface area contributed by atoms with Crippen LogP contribution in [0.1, 0.15) is 5.56 Å². The fourth-order valence-electron chi connectivity index (χ4n) is 2.87. The van der Waals surface area contributed by atoms with Crippen LogP contribution in [0.15, 0.2) is 79.1 Å². The third-order valence-corrected chi connectivity index (χ3v) is 4.24. The smallest absolute Gasteiger partial charge is 0.317 e. The van der Waals surface area contributed by atoms with Crippen LogP contribution in [0.3, 0.4) is 0 Å². The molecular formula is C22H21N3O3. The van der Waals surface area contributed by atoms with E-state index in [0.717, 1.165) is 16.7 Å². The standard InChI is InChI=1S/C22H21N3O3/c26-21(27)15-24-20(13-16-5-2-1-3-6-16)22(28)25-19-8-4-7-18(14-19)17-9-11-23-12-10-17/h1-12,14,20,24H,13,15H2,(H,25,28)(H,26,27)/t20-/m0/s1. The van der Waals surface area contributed by atoms with E-state index >= 15 is 0 Å². The minimum absolute atomic E-state index is 0.281. The number of aliphatic carboxylic acids is 1. The van der Waals surface area contributed by atoms with E-state index in [1.165, 1.54) is 0 Å². The van der Waals surface area contributed by atoms with Crippen molar-refractivity contribution in [3.8, 4) is 11.1 Å². The molecule has 6 nitrogen and oxygen atoms in total. The fraction of sp³-hybridized carbons (Fsp3) is 0.136. The van der Waals surface area contributed by atoms with Crippen LogP contribution in [0.4, 0.5) is 5.69 Å². The molecule has 1 heterocycles. The van der Waals surface area contributed by atoms with E-state index in [1.54, 1.807) is 18.5 Å². The van der Waals surface area contributed by atoms with Crippen molar-refractivity contribution in [3.05, 3.63) is 84.7 Å². The molecule has 0 saturated carbocycles. The molecule has 1 amide bonds. The lowest BCUT2D eigenvalue weighted by Gasteiger charge is -2.18. The highest BCUT2D eigenvalue weighted by Gasteiger charge is 2.20. The van der Waals surface area contributed by atoms with Crippen LogP contribution in [0, 0.1) is 0 Å². The van der Waals surface area contributed by atoms with Crippen molar-refractivity contribution in [2.24, 2.45) is 0 Å². The number of anilines is 1. The van der Waals surface area contributed by atoms with E-state index in [2.05, 4.69) is 15.6 Å². The van der Waals surface area contributed by atoms with Crippen LogP contribution in [0.25, 0.3) is 11.1 Å². The molecule has 1 aromatic heterocycles. The summed E-state index contributed by atoms with van der Waals surface area (Å²) < 4.78 is 0. The van der Waals surface area contributed by atoms with Gasteiger partial charge in [0.2, 0.25) is 5.91 Å². The van der Waals surface area contributed by atoms with Gasteiger partial charge in [0.25, 0.3) is 0 Å². The summed E-state index contributed by atoms with van der Waals surface area (Å²) in [7, 11) is 0. The van der Waals surface area contributed by atoms with Crippen molar-refractivity contribution in [1.29, 1.82) is 0 Å². The van der Waals surface area contributed by atoms with Crippen molar-refractivity contribution in [1.82, 2.24) is 10.3 Å². The average Bonchev–Trinajstić information content (AvgIpc) is 2.72. The van der Waals surface area contributed by atoms with Gasteiger partial charge in [-0.15, -0.1) is 0 Å². The molecule has 3 N–H and O–H groups in total. The second-order valence-electron chi connectivity index (χ2n) is 6.32. The van der Waals surface area contributed by atoms with Gasteiger partial charge in [0.15, 0.2) is 0 Å². The molecule has 1 atom stereocenters. The van der Waals surface area contributed by atoms with E-state index in [4.69, 9.17) is 5.11 Å². The minimum atomic E-state index is -1.01. The Hall–Kier alpha value is -3.51. The molecule has 6 heteroatoms. The summed E-state index contributed by atoms with van der Waals surface area (Å²) in [6.07, 6.45) is 3.82. The van der Waals surface area contributed by atoms with Gasteiger partial charge in [0, 0.05) is 18.1 Å². The number of carboxylic acid groups (broad SMARTS) is 1. The van der Waals surface area contributed by atoms with Gasteiger partial charge in [0.05, 0.1) is 12.6 Å². The van der Waals surface area contributed by atoms with Crippen molar-refractivity contribution in [2.45, 2.75) is 12.5 Å². The van der Waals surface area contributed by atoms with E-state index in [0.29, 0.717) is 12.1 Å². The largest absolute Gasteiger partial charge is 0.480 e. The number of hydrogen-bond acceptors (Lipinski definition) is 4. The Morgan fingerprint density at radius 2 is 1.68 bits per heavy atom. The van der Waals surface area contributed by atoms with E-state index in [9.17, 15) is 9.59 Å². The molecule has 0 aliphatic carbocycles. The molecule has 3 aromatic rings. The van der Waals surface area contributed by atoms with Crippen molar-refractivity contribution in [3.63, 3.8) is 0 Å². The molecule has 3 rings (SSSR count). The predicted molar refractivity (Wildman–Crippen MR) is 108 cm³/mol. The Balaban J connectivity index is 1.74. The number of amides is 1. The molecule has 0 unspecified atom stereocenters. The number of carbonyl (C=O) groups is 2. The zero-order valence-corrected chi connectivity index (χ0v) is 15.2. The maximum absolute atomic E-state index is 12.8. The molecule has 142 valence electrons. The average molecular weight is 375 g/mol. The van der Waals surface area contributed by atoms with Crippen LogP contribution in [-0.2, 0) is 16.0 Å². The summed E-state index contributed by atoms with van der Waals surface area (Å²) in [4.78, 5) is 27.8. The molecular weight excluding hydrogens is 354 g/mol. The Morgan fingerprint density at radius 1 is 0.929 bits per heavy atom. The molecule has 2 aromatic carbocycles. The SMILES string of the molecule is O=C(O)CN[C@@H](Cc1ccccc1)C(=O)Nc1cccc(-c2ccncc2)c1. The summed E-state index contributed by atoms with van der Waals surface area (Å²) in [5.41, 5.74) is 3.55. The highest BCUT2D eigenvalue weighted by Crippen LogP contribution is 2.22. The van der Waals surface area contributed by atoms with Crippen LogP contribution < -0.4 is 10.6 Å². The maximum atomic E-state index is 12.8. The summed E-state index contributed by atoms with van der Waals surface area (Å²) in [5, 5.41) is 14.7. The monoisotopic (exact) mass is 375 g/mol. The molecule has 28 heavy (non-hydrogen) atoms. The minimum Gasteiger partial charge on any atom is -0.480 e. The fourth-order valence-corrected chi connectivity index (χ4v) is 2.87. The number of aromatic nitrogens is 1. The summed E-state index contributed by atoms with van der Waals surface area (Å²) in [5.74, 6) is -1.29. The highest BCUT2D eigenvalue weighted by atomic mass is 16.4. The zero-order chi connectivity index (χ0) is 19.8. The topological polar surface area (TPSA) is 91.3 Å². The number of nitrogens with one attached hydrogen (secondary N) is 2. The van der Waals surface area contributed by atoms with E-state index in [1.807, 2.05) is 60.7 Å². The van der Waals surface area contributed by atoms with Crippen molar-refractivity contribution < 1.29 is 14.7 Å². The van der Waals surface area contributed by atoms with Gasteiger partial charge in [-0.05, 0) is 47.4 Å². The second-order valence-corrected chi connectivity index (χ2v) is 6.32. The number of nitrogens with zero attached hydrogens (tertiary/aromatic N) is 1.